The second kappa shape index (κ2) is 6.68. The van der Waals surface area contributed by atoms with Crippen LogP contribution in [-0.2, 0) is 4.79 Å². The van der Waals surface area contributed by atoms with Gasteiger partial charge in [0, 0.05) is 5.41 Å². The Hall–Kier alpha value is -1.78. The standard InChI is InChI=1S/C22H33N3O2/c1-21-11-4-6-16(21)15-9-8-14-5-3-7-18(22(14,2)17(15)10-12-21)25-20(23)24-13-19(26)27/h4,8,11,15-18H,3,5-7,9-10,12-13H2,1-2H3,(H,26,27)(H3,23,24,25)/t15-,16-,17-,18?,21-,22-/m0/s1. The van der Waals surface area contributed by atoms with Gasteiger partial charge in [0.1, 0.15) is 6.54 Å². The molecule has 5 heteroatoms. The monoisotopic (exact) mass is 371 g/mol. The summed E-state index contributed by atoms with van der Waals surface area (Å²) in [6.07, 6.45) is 15.7. The van der Waals surface area contributed by atoms with Crippen molar-refractivity contribution < 1.29 is 9.90 Å². The van der Waals surface area contributed by atoms with Crippen LogP contribution in [0, 0.1) is 28.6 Å². The largest absolute Gasteiger partial charge is 0.480 e. The number of carboxylic acids is 1. The van der Waals surface area contributed by atoms with Crippen LogP contribution in [0.1, 0.15) is 58.8 Å². The van der Waals surface area contributed by atoms with Crippen LogP contribution in [-0.4, -0.2) is 29.6 Å². The van der Waals surface area contributed by atoms with E-state index < -0.39 is 5.97 Å². The minimum Gasteiger partial charge on any atom is -0.480 e. The van der Waals surface area contributed by atoms with Crippen LogP contribution in [0.15, 0.2) is 28.8 Å². The Labute approximate surface area is 162 Å². The van der Waals surface area contributed by atoms with E-state index in [-0.39, 0.29) is 24.0 Å². The van der Waals surface area contributed by atoms with Crippen LogP contribution in [0.2, 0.25) is 0 Å². The Morgan fingerprint density at radius 3 is 2.93 bits per heavy atom. The highest BCUT2D eigenvalue weighted by molar-refractivity contribution is 5.82. The highest BCUT2D eigenvalue weighted by Crippen LogP contribution is 2.63. The molecule has 0 heterocycles. The third-order valence-electron chi connectivity index (χ3n) is 8.19. The number of hydrogen-bond donors (Lipinski definition) is 3. The fraction of sp³-hybridized carbons (Fsp3) is 0.727. The van der Waals surface area contributed by atoms with Gasteiger partial charge in [-0.25, -0.2) is 4.99 Å². The number of hydrogen-bond acceptors (Lipinski definition) is 2. The topological polar surface area (TPSA) is 87.7 Å². The SMILES string of the molecule is C[C@@]12C=CC[C@H]1[C@@H]1CC=C3CCCC(N=C(N)NCC(=O)O)[C@]3(C)[C@H]1CC2. The smallest absolute Gasteiger partial charge is 0.322 e. The molecule has 0 spiro atoms. The summed E-state index contributed by atoms with van der Waals surface area (Å²) in [5, 5.41) is 11.6. The van der Waals surface area contributed by atoms with Crippen molar-refractivity contribution in [2.24, 2.45) is 39.3 Å². The second-order valence-electron chi connectivity index (χ2n) is 9.48. The van der Waals surface area contributed by atoms with Crippen LogP contribution >= 0.6 is 0 Å². The first kappa shape index (κ1) is 18.6. The maximum Gasteiger partial charge on any atom is 0.322 e. The van der Waals surface area contributed by atoms with Gasteiger partial charge in [-0.05, 0) is 68.1 Å². The highest BCUT2D eigenvalue weighted by atomic mass is 16.4. The van der Waals surface area contributed by atoms with Gasteiger partial charge in [-0.1, -0.05) is 37.6 Å². The molecular weight excluding hydrogens is 338 g/mol. The van der Waals surface area contributed by atoms with Crippen molar-refractivity contribution in [1.29, 1.82) is 0 Å². The predicted octanol–water partition coefficient (Wildman–Crippen LogP) is 3.47. The predicted molar refractivity (Wildman–Crippen MR) is 107 cm³/mol. The first-order chi connectivity index (χ1) is 12.8. The molecule has 2 fully saturated rings. The molecule has 2 saturated carbocycles. The van der Waals surface area contributed by atoms with Gasteiger partial charge in [0.25, 0.3) is 0 Å². The molecule has 0 amide bonds. The van der Waals surface area contributed by atoms with E-state index in [0.717, 1.165) is 24.7 Å². The molecular formula is C22H33N3O2. The molecule has 0 aliphatic heterocycles. The maximum atomic E-state index is 10.8. The fourth-order valence-corrected chi connectivity index (χ4v) is 6.78. The van der Waals surface area contributed by atoms with E-state index in [1.54, 1.807) is 5.57 Å². The van der Waals surface area contributed by atoms with Crippen molar-refractivity contribution >= 4 is 11.9 Å². The second-order valence-corrected chi connectivity index (χ2v) is 9.48. The summed E-state index contributed by atoms with van der Waals surface area (Å²) in [6.45, 7) is 4.68. The van der Waals surface area contributed by atoms with Gasteiger partial charge in [0.15, 0.2) is 5.96 Å². The van der Waals surface area contributed by atoms with E-state index in [9.17, 15) is 4.79 Å². The van der Waals surface area contributed by atoms with Crippen molar-refractivity contribution in [3.05, 3.63) is 23.8 Å². The molecule has 4 N–H and O–H groups in total. The van der Waals surface area contributed by atoms with Gasteiger partial charge in [-0.15, -0.1) is 0 Å². The van der Waals surface area contributed by atoms with E-state index >= 15 is 0 Å². The fourth-order valence-electron chi connectivity index (χ4n) is 6.78. The Bertz CT molecular complexity index is 712. The molecule has 148 valence electrons. The number of nitrogens with two attached hydrogens (primary N) is 1. The van der Waals surface area contributed by atoms with Gasteiger partial charge >= 0.3 is 5.97 Å². The number of aliphatic carboxylic acids is 1. The molecule has 4 aliphatic carbocycles. The van der Waals surface area contributed by atoms with Crippen molar-refractivity contribution in [2.75, 3.05) is 6.54 Å². The average Bonchev–Trinajstić information content (AvgIpc) is 3.02. The number of carboxylic acid groups (broad SMARTS) is 1. The lowest BCUT2D eigenvalue weighted by atomic mass is 9.47. The number of nitrogens with one attached hydrogen (secondary N) is 1. The lowest BCUT2D eigenvalue weighted by Gasteiger charge is -2.58. The number of allylic oxidation sites excluding steroid dienone is 3. The summed E-state index contributed by atoms with van der Waals surface area (Å²) < 4.78 is 0. The van der Waals surface area contributed by atoms with E-state index in [1.807, 2.05) is 0 Å². The summed E-state index contributed by atoms with van der Waals surface area (Å²) in [5.41, 5.74) is 8.06. The molecule has 0 radical (unpaired) electrons. The quantitative estimate of drug-likeness (QED) is 0.403. The van der Waals surface area contributed by atoms with Gasteiger partial charge in [-0.3, -0.25) is 4.79 Å². The molecule has 0 aromatic heterocycles. The molecule has 0 saturated heterocycles. The first-order valence-corrected chi connectivity index (χ1v) is 10.5. The lowest BCUT2D eigenvalue weighted by Crippen LogP contribution is -2.53. The third kappa shape index (κ3) is 2.99. The van der Waals surface area contributed by atoms with Crippen molar-refractivity contribution in [2.45, 2.75) is 64.8 Å². The van der Waals surface area contributed by atoms with Crippen molar-refractivity contribution in [3.8, 4) is 0 Å². The highest BCUT2D eigenvalue weighted by Gasteiger charge is 2.56. The molecule has 1 unspecified atom stereocenters. The minimum atomic E-state index is -0.915. The van der Waals surface area contributed by atoms with Crippen molar-refractivity contribution in [3.63, 3.8) is 0 Å². The Balaban J connectivity index is 1.63. The zero-order valence-electron chi connectivity index (χ0n) is 16.6. The van der Waals surface area contributed by atoms with E-state index in [1.165, 1.54) is 32.1 Å². The number of aliphatic imine (C=N–C) groups is 1. The molecule has 0 aromatic rings. The van der Waals surface area contributed by atoms with Gasteiger partial charge in [0.2, 0.25) is 0 Å². The summed E-state index contributed by atoms with van der Waals surface area (Å²) in [6, 6.07) is 0.144. The number of guanidine groups is 1. The van der Waals surface area contributed by atoms with Gasteiger partial charge in [-0.2, -0.15) is 0 Å². The molecule has 4 aliphatic rings. The zero-order valence-corrected chi connectivity index (χ0v) is 16.6. The molecule has 5 nitrogen and oxygen atoms in total. The molecule has 6 atom stereocenters. The molecule has 0 aromatic carbocycles. The summed E-state index contributed by atoms with van der Waals surface area (Å²) in [7, 11) is 0. The van der Waals surface area contributed by atoms with E-state index in [4.69, 9.17) is 15.8 Å². The molecule has 27 heavy (non-hydrogen) atoms. The summed E-state index contributed by atoms with van der Waals surface area (Å²) in [4.78, 5) is 15.6. The number of rotatable bonds is 3. The zero-order chi connectivity index (χ0) is 19.2. The molecule has 0 bridgehead atoms. The Kier molecular flexibility index (Phi) is 4.59. The van der Waals surface area contributed by atoms with Crippen LogP contribution in [0.25, 0.3) is 0 Å². The van der Waals surface area contributed by atoms with Crippen LogP contribution in [0.5, 0.6) is 0 Å². The third-order valence-corrected chi connectivity index (χ3v) is 8.19. The number of carbonyl (C=O) groups is 1. The van der Waals surface area contributed by atoms with Crippen LogP contribution in [0.3, 0.4) is 0 Å². The Morgan fingerprint density at radius 2 is 2.15 bits per heavy atom. The van der Waals surface area contributed by atoms with Crippen LogP contribution < -0.4 is 11.1 Å². The minimum absolute atomic E-state index is 0.0562. The van der Waals surface area contributed by atoms with Gasteiger partial charge < -0.3 is 16.2 Å². The average molecular weight is 372 g/mol. The number of fused-ring (bicyclic) bond motifs is 5. The first-order valence-electron chi connectivity index (χ1n) is 10.5. The Morgan fingerprint density at radius 1 is 1.33 bits per heavy atom. The van der Waals surface area contributed by atoms with Crippen molar-refractivity contribution in [1.82, 2.24) is 5.32 Å². The van der Waals surface area contributed by atoms with Crippen LogP contribution in [0.4, 0.5) is 0 Å². The van der Waals surface area contributed by atoms with E-state index in [2.05, 4.69) is 37.4 Å². The lowest BCUT2D eigenvalue weighted by molar-refractivity contribution is -0.135. The maximum absolute atomic E-state index is 10.8. The summed E-state index contributed by atoms with van der Waals surface area (Å²) >= 11 is 0. The molecule has 4 rings (SSSR count). The van der Waals surface area contributed by atoms with Gasteiger partial charge in [0.05, 0.1) is 6.04 Å². The summed E-state index contributed by atoms with van der Waals surface area (Å²) in [5.74, 6) is 1.48. The number of nitrogens with zero attached hydrogens (tertiary/aromatic N) is 1. The normalized spacial score (nSPS) is 43.3. The van der Waals surface area contributed by atoms with E-state index in [0.29, 0.717) is 11.3 Å².